The number of esters is 1. The molecule has 0 aliphatic heterocycles. The molecule has 19 heavy (non-hydrogen) atoms. The number of carbonyl (C=O) groups is 1. The number of ether oxygens (including phenoxy) is 1. The number of hydrogen-bond donors (Lipinski definition) is 1. The molecule has 0 spiro atoms. The van der Waals surface area contributed by atoms with Gasteiger partial charge in [-0.05, 0) is 35.4 Å². The first kappa shape index (κ1) is 13.1. The van der Waals surface area contributed by atoms with Gasteiger partial charge in [0.25, 0.3) is 0 Å². The normalized spacial score (nSPS) is 10.1. The van der Waals surface area contributed by atoms with Gasteiger partial charge in [-0.15, -0.1) is 0 Å². The van der Waals surface area contributed by atoms with Crippen molar-refractivity contribution >= 4 is 11.7 Å². The molecule has 0 aromatic heterocycles. The Kier molecular flexibility index (Phi) is 3.79. The molecule has 0 heterocycles. The lowest BCUT2D eigenvalue weighted by molar-refractivity contribution is 0.0601. The lowest BCUT2D eigenvalue weighted by atomic mass is 10.0. The number of nitrogens with zero attached hydrogens (tertiary/aromatic N) is 1. The van der Waals surface area contributed by atoms with Crippen molar-refractivity contribution in [2.75, 3.05) is 12.3 Å². The highest BCUT2D eigenvalue weighted by Crippen LogP contribution is 2.24. The number of methoxy groups -OCH3 is 1. The minimum atomic E-state index is -0.401. The van der Waals surface area contributed by atoms with E-state index in [0.29, 0.717) is 5.56 Å². The SMILES string of the molecule is COC(=O)c1ccc(-c2cccc(N([O-])O)c2)cc1. The maximum atomic E-state index is 11.3. The molecule has 0 saturated heterocycles. The Bertz CT molecular complexity index is 578. The van der Waals surface area contributed by atoms with E-state index in [1.807, 2.05) is 0 Å². The standard InChI is InChI=1S/C14H12NO4/c1-19-14(16)11-7-5-10(6-8-11)12-3-2-4-13(9-12)15(17)18/h2-9,17H,1H3/q-1. The van der Waals surface area contributed by atoms with E-state index in [1.165, 1.54) is 13.2 Å². The molecule has 0 bridgehead atoms. The van der Waals surface area contributed by atoms with Gasteiger partial charge in [0.1, 0.15) is 0 Å². The molecule has 2 aromatic rings. The molecule has 0 unspecified atom stereocenters. The number of rotatable bonds is 3. The Labute approximate surface area is 110 Å². The Hall–Kier alpha value is -2.37. The van der Waals surface area contributed by atoms with Crippen LogP contribution in [0.3, 0.4) is 0 Å². The second-order valence-electron chi connectivity index (χ2n) is 3.89. The lowest BCUT2D eigenvalue weighted by Crippen LogP contribution is -2.06. The van der Waals surface area contributed by atoms with Crippen molar-refractivity contribution in [3.05, 3.63) is 59.3 Å². The van der Waals surface area contributed by atoms with E-state index in [-0.39, 0.29) is 10.9 Å². The molecule has 0 fully saturated rings. The first-order chi connectivity index (χ1) is 9.11. The molecule has 2 rings (SSSR count). The van der Waals surface area contributed by atoms with E-state index >= 15 is 0 Å². The molecule has 0 aliphatic rings. The van der Waals surface area contributed by atoms with Crippen molar-refractivity contribution in [1.82, 2.24) is 0 Å². The Balaban J connectivity index is 2.32. The van der Waals surface area contributed by atoms with E-state index in [0.717, 1.165) is 11.1 Å². The Morgan fingerprint density at radius 1 is 1.16 bits per heavy atom. The molecule has 5 nitrogen and oxygen atoms in total. The van der Waals surface area contributed by atoms with Crippen LogP contribution in [0.5, 0.6) is 0 Å². The van der Waals surface area contributed by atoms with Crippen LogP contribution in [-0.2, 0) is 4.74 Å². The van der Waals surface area contributed by atoms with Crippen LogP contribution in [-0.4, -0.2) is 18.3 Å². The third-order valence-corrected chi connectivity index (χ3v) is 2.71. The zero-order valence-electron chi connectivity index (χ0n) is 10.2. The van der Waals surface area contributed by atoms with Gasteiger partial charge >= 0.3 is 5.97 Å². The summed E-state index contributed by atoms with van der Waals surface area (Å²) in [5.41, 5.74) is 2.20. The van der Waals surface area contributed by atoms with Gasteiger partial charge in [0, 0.05) is 0 Å². The minimum Gasteiger partial charge on any atom is -0.733 e. The highest BCUT2D eigenvalue weighted by atomic mass is 16.8. The first-order valence-corrected chi connectivity index (χ1v) is 5.57. The van der Waals surface area contributed by atoms with Crippen LogP contribution in [0.4, 0.5) is 5.69 Å². The minimum absolute atomic E-state index is 0.148. The fourth-order valence-corrected chi connectivity index (χ4v) is 1.72. The van der Waals surface area contributed by atoms with Crippen LogP contribution in [0.25, 0.3) is 11.1 Å². The number of carbonyl (C=O) groups excluding carboxylic acids is 1. The predicted octanol–water partition coefficient (Wildman–Crippen LogP) is 2.83. The predicted molar refractivity (Wildman–Crippen MR) is 70.9 cm³/mol. The summed E-state index contributed by atoms with van der Waals surface area (Å²) in [7, 11) is 1.32. The Morgan fingerprint density at radius 3 is 2.42 bits per heavy atom. The zero-order valence-corrected chi connectivity index (χ0v) is 10.2. The molecule has 0 atom stereocenters. The third kappa shape index (κ3) is 2.90. The average Bonchev–Trinajstić information content (AvgIpc) is 2.46. The van der Waals surface area contributed by atoms with E-state index < -0.39 is 5.97 Å². The zero-order chi connectivity index (χ0) is 13.8. The fourth-order valence-electron chi connectivity index (χ4n) is 1.72. The summed E-state index contributed by atoms with van der Waals surface area (Å²) < 4.78 is 4.61. The molecule has 0 saturated carbocycles. The van der Waals surface area contributed by atoms with Crippen molar-refractivity contribution in [3.63, 3.8) is 0 Å². The summed E-state index contributed by atoms with van der Waals surface area (Å²) in [5, 5.41) is 19.5. The van der Waals surface area contributed by atoms with Crippen LogP contribution in [0.1, 0.15) is 10.4 Å². The second-order valence-corrected chi connectivity index (χ2v) is 3.89. The third-order valence-electron chi connectivity index (χ3n) is 2.71. The van der Waals surface area contributed by atoms with E-state index in [4.69, 9.17) is 5.21 Å². The largest absolute Gasteiger partial charge is 0.733 e. The van der Waals surface area contributed by atoms with E-state index in [2.05, 4.69) is 4.74 Å². The average molecular weight is 258 g/mol. The molecule has 1 N–H and O–H groups in total. The molecular formula is C14H12NO4-. The smallest absolute Gasteiger partial charge is 0.337 e. The summed E-state index contributed by atoms with van der Waals surface area (Å²) in [6.45, 7) is 0. The van der Waals surface area contributed by atoms with Crippen molar-refractivity contribution < 1.29 is 14.7 Å². The van der Waals surface area contributed by atoms with Crippen LogP contribution in [0, 0.1) is 5.21 Å². The van der Waals surface area contributed by atoms with Crippen molar-refractivity contribution in [3.8, 4) is 11.1 Å². The van der Waals surface area contributed by atoms with Crippen LogP contribution >= 0.6 is 0 Å². The summed E-state index contributed by atoms with van der Waals surface area (Å²) in [4.78, 5) is 11.3. The summed E-state index contributed by atoms with van der Waals surface area (Å²) in [6, 6.07) is 13.3. The molecule has 5 heteroatoms. The molecule has 98 valence electrons. The van der Waals surface area contributed by atoms with Crippen LogP contribution in [0.15, 0.2) is 48.5 Å². The Morgan fingerprint density at radius 2 is 1.84 bits per heavy atom. The van der Waals surface area contributed by atoms with Gasteiger partial charge < -0.3 is 15.2 Å². The fraction of sp³-hybridized carbons (Fsp3) is 0.0714. The van der Waals surface area contributed by atoms with Gasteiger partial charge in [0.05, 0.1) is 18.4 Å². The van der Waals surface area contributed by atoms with Crippen LogP contribution in [0.2, 0.25) is 0 Å². The second kappa shape index (κ2) is 5.51. The monoisotopic (exact) mass is 258 g/mol. The number of hydrogen-bond acceptors (Lipinski definition) is 5. The van der Waals surface area contributed by atoms with E-state index in [1.54, 1.807) is 42.5 Å². The summed E-state index contributed by atoms with van der Waals surface area (Å²) >= 11 is 0. The van der Waals surface area contributed by atoms with Gasteiger partial charge in [0.2, 0.25) is 0 Å². The number of benzene rings is 2. The van der Waals surface area contributed by atoms with E-state index in [9.17, 15) is 10.0 Å². The van der Waals surface area contributed by atoms with Gasteiger partial charge in [-0.2, -0.15) is 0 Å². The topological polar surface area (TPSA) is 72.8 Å². The van der Waals surface area contributed by atoms with Crippen molar-refractivity contribution in [1.29, 1.82) is 0 Å². The molecule has 0 radical (unpaired) electrons. The van der Waals surface area contributed by atoms with Crippen LogP contribution < -0.4 is 5.23 Å². The molecule has 2 aromatic carbocycles. The molecular weight excluding hydrogens is 246 g/mol. The quantitative estimate of drug-likeness (QED) is 0.677. The highest BCUT2D eigenvalue weighted by Gasteiger charge is 2.05. The van der Waals surface area contributed by atoms with Gasteiger partial charge in [-0.3, -0.25) is 5.21 Å². The van der Waals surface area contributed by atoms with Gasteiger partial charge in [0.15, 0.2) is 0 Å². The van der Waals surface area contributed by atoms with Gasteiger partial charge in [-0.1, -0.05) is 24.3 Å². The van der Waals surface area contributed by atoms with Crippen molar-refractivity contribution in [2.24, 2.45) is 0 Å². The summed E-state index contributed by atoms with van der Waals surface area (Å²) in [6.07, 6.45) is 0. The molecule has 0 amide bonds. The van der Waals surface area contributed by atoms with Crippen molar-refractivity contribution in [2.45, 2.75) is 0 Å². The maximum absolute atomic E-state index is 11.3. The maximum Gasteiger partial charge on any atom is 0.337 e. The highest BCUT2D eigenvalue weighted by molar-refractivity contribution is 5.90. The van der Waals surface area contributed by atoms with Gasteiger partial charge in [-0.25, -0.2) is 4.79 Å². The summed E-state index contributed by atoms with van der Waals surface area (Å²) in [5.74, 6) is -0.401. The first-order valence-electron chi connectivity index (χ1n) is 5.57. The molecule has 0 aliphatic carbocycles. The number of anilines is 1. The lowest BCUT2D eigenvalue weighted by Gasteiger charge is -2.22.